The van der Waals surface area contributed by atoms with Gasteiger partial charge in [0.25, 0.3) is 0 Å². The molecule has 4 aromatic rings. The highest BCUT2D eigenvalue weighted by molar-refractivity contribution is 7.19. The van der Waals surface area contributed by atoms with Gasteiger partial charge in [-0.15, -0.1) is 22.7 Å². The topological polar surface area (TPSA) is 124 Å². The quantitative estimate of drug-likeness (QED) is 0.398. The van der Waals surface area contributed by atoms with Gasteiger partial charge in [-0.3, -0.25) is 0 Å². The number of aromatic nitrogens is 1. The number of nitriles is 4. The molecule has 4 rings (SSSR count). The van der Waals surface area contributed by atoms with Crippen molar-refractivity contribution in [2.75, 3.05) is 0 Å². The van der Waals surface area contributed by atoms with E-state index in [0.29, 0.717) is 11.3 Å². The molecule has 0 radical (unpaired) electrons. The van der Waals surface area contributed by atoms with Gasteiger partial charge in [0.2, 0.25) is 0 Å². The van der Waals surface area contributed by atoms with Gasteiger partial charge in [-0.25, -0.2) is 0 Å². The van der Waals surface area contributed by atoms with Crippen molar-refractivity contribution in [1.82, 2.24) is 4.98 Å². The van der Waals surface area contributed by atoms with Crippen molar-refractivity contribution in [3.05, 3.63) is 57.3 Å². The molecule has 0 saturated carbocycles. The van der Waals surface area contributed by atoms with Gasteiger partial charge in [0.15, 0.2) is 5.76 Å². The first-order valence-corrected chi connectivity index (χ1v) is 10.1. The minimum atomic E-state index is 0.0509. The summed E-state index contributed by atoms with van der Waals surface area (Å²) in [5.41, 5.74) is 2.53. The molecule has 1 N–H and O–H groups in total. The van der Waals surface area contributed by atoms with E-state index in [2.05, 4.69) is 4.98 Å². The summed E-state index contributed by atoms with van der Waals surface area (Å²) in [7, 11) is 0. The van der Waals surface area contributed by atoms with Crippen molar-refractivity contribution in [3.63, 3.8) is 0 Å². The maximum absolute atomic E-state index is 8.88. The number of hydrogen-bond donors (Lipinski definition) is 1. The zero-order valence-electron chi connectivity index (χ0n) is 15.1. The standard InChI is InChI=1S/C22H9N5OS2/c23-9-13(10-24)5-15-1-4-21(29-15)18-3-2-17(27-18)19-8-22-20(28-19)7-16(30-22)6-14(11-25)12-26/h1-8,27H. The van der Waals surface area contributed by atoms with Crippen molar-refractivity contribution in [2.45, 2.75) is 0 Å². The maximum Gasteiger partial charge on any atom is 0.152 e. The highest BCUT2D eigenvalue weighted by Gasteiger charge is 2.13. The van der Waals surface area contributed by atoms with Crippen LogP contribution in [0.4, 0.5) is 0 Å². The lowest BCUT2D eigenvalue weighted by Gasteiger charge is -1.93. The first-order valence-electron chi connectivity index (χ1n) is 8.50. The number of nitrogens with one attached hydrogen (secondary N) is 1. The third kappa shape index (κ3) is 3.65. The zero-order chi connectivity index (χ0) is 21.1. The van der Waals surface area contributed by atoms with Gasteiger partial charge >= 0.3 is 0 Å². The predicted octanol–water partition coefficient (Wildman–Crippen LogP) is 6.08. The largest absolute Gasteiger partial charge is 0.454 e. The molecule has 0 aromatic carbocycles. The molecular formula is C22H9N5OS2. The molecule has 0 spiro atoms. The number of hydrogen-bond acceptors (Lipinski definition) is 7. The molecule has 0 atom stereocenters. The van der Waals surface area contributed by atoms with Crippen LogP contribution in [0.15, 0.2) is 52.0 Å². The molecule has 4 heterocycles. The minimum Gasteiger partial charge on any atom is -0.454 e. The molecular weight excluding hydrogens is 414 g/mol. The fourth-order valence-electron chi connectivity index (χ4n) is 2.78. The molecule has 140 valence electrons. The van der Waals surface area contributed by atoms with Crippen LogP contribution in [-0.2, 0) is 0 Å². The predicted molar refractivity (Wildman–Crippen MR) is 116 cm³/mol. The summed E-state index contributed by atoms with van der Waals surface area (Å²) in [6.45, 7) is 0. The number of H-pyrrole nitrogens is 1. The summed E-state index contributed by atoms with van der Waals surface area (Å²) >= 11 is 2.92. The molecule has 8 heteroatoms. The van der Waals surface area contributed by atoms with Crippen LogP contribution < -0.4 is 0 Å². The summed E-state index contributed by atoms with van der Waals surface area (Å²) in [5, 5.41) is 35.5. The van der Waals surface area contributed by atoms with Crippen LogP contribution in [0.2, 0.25) is 0 Å². The van der Waals surface area contributed by atoms with E-state index in [9.17, 15) is 0 Å². The molecule has 0 aliphatic carbocycles. The van der Waals surface area contributed by atoms with Crippen molar-refractivity contribution < 1.29 is 4.42 Å². The van der Waals surface area contributed by atoms with Crippen LogP contribution in [-0.4, -0.2) is 4.98 Å². The van der Waals surface area contributed by atoms with Gasteiger partial charge in [-0.1, -0.05) is 0 Å². The number of aromatic amines is 1. The van der Waals surface area contributed by atoms with E-state index in [1.165, 1.54) is 22.7 Å². The van der Waals surface area contributed by atoms with E-state index in [-0.39, 0.29) is 11.1 Å². The first kappa shape index (κ1) is 19.0. The summed E-state index contributed by atoms with van der Waals surface area (Å²) < 4.78 is 6.85. The van der Waals surface area contributed by atoms with Crippen LogP contribution in [0.3, 0.4) is 0 Å². The Bertz CT molecular complexity index is 1430. The Hall–Kier alpha value is -4.34. The Balaban J connectivity index is 1.60. The maximum atomic E-state index is 8.88. The van der Waals surface area contributed by atoms with E-state index in [4.69, 9.17) is 25.5 Å². The van der Waals surface area contributed by atoms with Crippen LogP contribution in [0.1, 0.15) is 9.75 Å². The average molecular weight is 423 g/mol. The number of fused-ring (bicyclic) bond motifs is 1. The lowest BCUT2D eigenvalue weighted by molar-refractivity contribution is 0.630. The summed E-state index contributed by atoms with van der Waals surface area (Å²) in [4.78, 5) is 5.92. The Kier molecular flexibility index (Phi) is 5.04. The Morgan fingerprint density at radius 3 is 2.13 bits per heavy atom. The minimum absolute atomic E-state index is 0.0509. The van der Waals surface area contributed by atoms with E-state index in [1.54, 1.807) is 12.2 Å². The van der Waals surface area contributed by atoms with Gasteiger partial charge in [-0.2, -0.15) is 21.0 Å². The number of nitrogens with zero attached hydrogens (tertiary/aromatic N) is 4. The Morgan fingerprint density at radius 2 is 1.47 bits per heavy atom. The Labute approximate surface area is 179 Å². The van der Waals surface area contributed by atoms with Gasteiger partial charge < -0.3 is 9.40 Å². The van der Waals surface area contributed by atoms with Gasteiger partial charge in [-0.05, 0) is 42.5 Å². The smallest absolute Gasteiger partial charge is 0.152 e. The second-order valence-electron chi connectivity index (χ2n) is 6.04. The van der Waals surface area contributed by atoms with Gasteiger partial charge in [0.1, 0.15) is 41.0 Å². The van der Waals surface area contributed by atoms with Crippen LogP contribution in [0, 0.1) is 45.3 Å². The second kappa shape index (κ2) is 7.95. The number of thiophene rings is 2. The highest BCUT2D eigenvalue weighted by atomic mass is 32.1. The normalized spacial score (nSPS) is 9.87. The number of allylic oxidation sites excluding steroid dienone is 2. The molecule has 0 unspecified atom stereocenters. The molecule has 0 saturated heterocycles. The first-order chi connectivity index (χ1) is 14.6. The zero-order valence-corrected chi connectivity index (χ0v) is 16.8. The molecule has 0 aliphatic heterocycles. The van der Waals surface area contributed by atoms with Crippen LogP contribution >= 0.6 is 22.7 Å². The molecule has 0 fully saturated rings. The lowest BCUT2D eigenvalue weighted by Crippen LogP contribution is -1.74. The monoisotopic (exact) mass is 423 g/mol. The Morgan fingerprint density at radius 1 is 0.800 bits per heavy atom. The van der Waals surface area contributed by atoms with E-state index < -0.39 is 0 Å². The van der Waals surface area contributed by atoms with Crippen molar-refractivity contribution in [1.29, 1.82) is 21.0 Å². The van der Waals surface area contributed by atoms with E-state index in [0.717, 1.165) is 30.7 Å². The number of furan rings is 1. The molecule has 0 aliphatic rings. The molecule has 0 bridgehead atoms. The molecule has 6 nitrogen and oxygen atoms in total. The molecule has 0 amide bonds. The van der Waals surface area contributed by atoms with Crippen LogP contribution in [0.25, 0.3) is 44.5 Å². The van der Waals surface area contributed by atoms with Crippen molar-refractivity contribution in [2.24, 2.45) is 0 Å². The summed E-state index contributed by atoms with van der Waals surface area (Å²) in [6.07, 6.45) is 3.11. The fraction of sp³-hybridized carbons (Fsp3) is 0. The van der Waals surface area contributed by atoms with Gasteiger partial charge in [0.05, 0.1) is 21.0 Å². The lowest BCUT2D eigenvalue weighted by atomic mass is 10.3. The van der Waals surface area contributed by atoms with Crippen molar-refractivity contribution in [3.8, 4) is 46.3 Å². The number of rotatable bonds is 4. The average Bonchev–Trinajstić information content (AvgIpc) is 3.52. The molecule has 30 heavy (non-hydrogen) atoms. The van der Waals surface area contributed by atoms with Crippen molar-refractivity contribution >= 4 is 45.1 Å². The van der Waals surface area contributed by atoms with Gasteiger partial charge in [0, 0.05) is 15.8 Å². The fourth-order valence-corrected chi connectivity index (χ4v) is 4.68. The van der Waals surface area contributed by atoms with E-state index >= 15 is 0 Å². The summed E-state index contributed by atoms with van der Waals surface area (Å²) in [6, 6.07) is 18.8. The van der Waals surface area contributed by atoms with E-state index in [1.807, 2.05) is 60.7 Å². The second-order valence-corrected chi connectivity index (χ2v) is 8.27. The molecule has 4 aromatic heterocycles. The van der Waals surface area contributed by atoms with Crippen LogP contribution in [0.5, 0.6) is 0 Å². The third-order valence-electron chi connectivity index (χ3n) is 4.12. The third-order valence-corrected chi connectivity index (χ3v) is 6.20. The summed E-state index contributed by atoms with van der Waals surface area (Å²) in [5.74, 6) is 0.687. The highest BCUT2D eigenvalue weighted by Crippen LogP contribution is 2.36. The SMILES string of the molecule is N#CC(C#N)=Cc1ccc(-c2ccc(-c3cc4sc(C=C(C#N)C#N)cc4o3)[nH]2)s1.